The van der Waals surface area contributed by atoms with Crippen molar-refractivity contribution in [2.45, 2.75) is 84.1 Å². The molecule has 1 aliphatic carbocycles. The molecule has 1 N–H and O–H groups in total. The summed E-state index contributed by atoms with van der Waals surface area (Å²) in [5.41, 5.74) is 0. The van der Waals surface area contributed by atoms with E-state index >= 15 is 0 Å². The van der Waals surface area contributed by atoms with Crippen LogP contribution >= 0.6 is 0 Å². The Labute approximate surface area is 133 Å². The van der Waals surface area contributed by atoms with Crippen molar-refractivity contribution >= 4 is 0 Å². The van der Waals surface area contributed by atoms with Crippen LogP contribution in [0.1, 0.15) is 78.1 Å². The molecule has 2 aliphatic rings. The zero-order valence-corrected chi connectivity index (χ0v) is 14.6. The van der Waals surface area contributed by atoms with Gasteiger partial charge in [0.15, 0.2) is 0 Å². The molecule has 2 fully saturated rings. The Hall–Kier alpha value is -0.0800. The topological polar surface area (TPSA) is 15.3 Å². The highest BCUT2D eigenvalue weighted by atomic mass is 15.1. The van der Waals surface area contributed by atoms with Gasteiger partial charge < -0.3 is 10.2 Å². The summed E-state index contributed by atoms with van der Waals surface area (Å²) >= 11 is 0. The fraction of sp³-hybridized carbons (Fsp3) is 1.00. The third-order valence-corrected chi connectivity index (χ3v) is 5.56. The van der Waals surface area contributed by atoms with Crippen LogP contribution in [0.25, 0.3) is 0 Å². The summed E-state index contributed by atoms with van der Waals surface area (Å²) in [4.78, 5) is 2.68. The van der Waals surface area contributed by atoms with Crippen molar-refractivity contribution in [1.29, 1.82) is 0 Å². The monoisotopic (exact) mass is 294 g/mol. The van der Waals surface area contributed by atoms with Crippen molar-refractivity contribution in [3.63, 3.8) is 0 Å². The Balaban J connectivity index is 1.60. The maximum Gasteiger partial charge on any atom is 0.00672 e. The van der Waals surface area contributed by atoms with Gasteiger partial charge in [-0.15, -0.1) is 0 Å². The summed E-state index contributed by atoms with van der Waals surface area (Å²) in [6, 6.07) is 0.802. The molecule has 1 saturated carbocycles. The Bertz CT molecular complexity index is 260. The molecule has 3 atom stereocenters. The number of nitrogens with zero attached hydrogens (tertiary/aromatic N) is 1. The van der Waals surface area contributed by atoms with Gasteiger partial charge in [-0.3, -0.25) is 0 Å². The first kappa shape index (κ1) is 17.3. The number of piperidine rings is 1. The average Bonchev–Trinajstić information content (AvgIpc) is 2.72. The number of likely N-dealkylation sites (tertiary alicyclic amines) is 1. The van der Waals surface area contributed by atoms with Gasteiger partial charge in [0.1, 0.15) is 0 Å². The Morgan fingerprint density at radius 2 is 1.81 bits per heavy atom. The molecule has 1 aliphatic heterocycles. The lowest BCUT2D eigenvalue weighted by atomic mass is 9.95. The smallest absolute Gasteiger partial charge is 0.00672 e. The lowest BCUT2D eigenvalue weighted by Crippen LogP contribution is -2.39. The third-order valence-electron chi connectivity index (χ3n) is 5.56. The Morgan fingerprint density at radius 3 is 2.57 bits per heavy atom. The lowest BCUT2D eigenvalue weighted by Gasteiger charge is -2.30. The van der Waals surface area contributed by atoms with Crippen LogP contribution in [-0.4, -0.2) is 37.1 Å². The fourth-order valence-corrected chi connectivity index (χ4v) is 4.29. The molecule has 3 unspecified atom stereocenters. The van der Waals surface area contributed by atoms with Gasteiger partial charge in [0.2, 0.25) is 0 Å². The summed E-state index contributed by atoms with van der Waals surface area (Å²) in [6.45, 7) is 9.97. The van der Waals surface area contributed by atoms with Crippen molar-refractivity contribution < 1.29 is 0 Å². The fourth-order valence-electron chi connectivity index (χ4n) is 4.29. The van der Waals surface area contributed by atoms with E-state index < -0.39 is 0 Å². The molecule has 0 spiro atoms. The first-order valence-electron chi connectivity index (χ1n) is 9.73. The molecule has 0 bridgehead atoms. The van der Waals surface area contributed by atoms with Gasteiger partial charge in [-0.05, 0) is 63.6 Å². The largest absolute Gasteiger partial charge is 0.314 e. The van der Waals surface area contributed by atoms with Gasteiger partial charge in [0, 0.05) is 12.6 Å². The summed E-state index contributed by atoms with van der Waals surface area (Å²) in [5, 5.41) is 3.89. The van der Waals surface area contributed by atoms with Crippen molar-refractivity contribution in [2.24, 2.45) is 11.8 Å². The summed E-state index contributed by atoms with van der Waals surface area (Å²) in [5.74, 6) is 1.82. The number of hydrogen-bond acceptors (Lipinski definition) is 2. The van der Waals surface area contributed by atoms with Crippen molar-refractivity contribution in [1.82, 2.24) is 10.2 Å². The number of nitrogens with one attached hydrogen (secondary N) is 1. The van der Waals surface area contributed by atoms with E-state index in [9.17, 15) is 0 Å². The maximum atomic E-state index is 3.89. The normalized spacial score (nSPS) is 30.0. The zero-order valence-electron chi connectivity index (χ0n) is 14.6. The van der Waals surface area contributed by atoms with E-state index in [1.807, 2.05) is 0 Å². The van der Waals surface area contributed by atoms with Crippen LogP contribution in [0.15, 0.2) is 0 Å². The highest BCUT2D eigenvalue weighted by molar-refractivity contribution is 4.76. The molecular formula is C19H38N2. The van der Waals surface area contributed by atoms with Crippen LogP contribution in [0.4, 0.5) is 0 Å². The second-order valence-electron chi connectivity index (χ2n) is 7.73. The minimum Gasteiger partial charge on any atom is -0.314 e. The highest BCUT2D eigenvalue weighted by Gasteiger charge is 2.19. The van der Waals surface area contributed by atoms with E-state index in [0.717, 1.165) is 17.9 Å². The number of hydrogen-bond donors (Lipinski definition) is 1. The van der Waals surface area contributed by atoms with Crippen LogP contribution < -0.4 is 5.32 Å². The summed E-state index contributed by atoms with van der Waals surface area (Å²) < 4.78 is 0. The molecule has 21 heavy (non-hydrogen) atoms. The quantitative estimate of drug-likeness (QED) is 0.698. The molecular weight excluding hydrogens is 256 g/mol. The van der Waals surface area contributed by atoms with Crippen LogP contribution in [0.2, 0.25) is 0 Å². The van der Waals surface area contributed by atoms with E-state index in [4.69, 9.17) is 0 Å². The van der Waals surface area contributed by atoms with E-state index in [0.29, 0.717) is 0 Å². The van der Waals surface area contributed by atoms with E-state index in [1.165, 1.54) is 90.4 Å². The van der Waals surface area contributed by atoms with Gasteiger partial charge in [-0.2, -0.15) is 0 Å². The second kappa shape index (κ2) is 9.84. The van der Waals surface area contributed by atoms with Gasteiger partial charge in [-0.1, -0.05) is 46.0 Å². The van der Waals surface area contributed by atoms with Crippen LogP contribution in [0.3, 0.4) is 0 Å². The van der Waals surface area contributed by atoms with Crippen molar-refractivity contribution in [3.05, 3.63) is 0 Å². The molecule has 1 heterocycles. The number of rotatable bonds is 7. The van der Waals surface area contributed by atoms with E-state index in [-0.39, 0.29) is 0 Å². The lowest BCUT2D eigenvalue weighted by molar-refractivity contribution is 0.196. The van der Waals surface area contributed by atoms with E-state index in [2.05, 4.69) is 24.1 Å². The van der Waals surface area contributed by atoms with Gasteiger partial charge in [0.25, 0.3) is 0 Å². The average molecular weight is 295 g/mol. The third kappa shape index (κ3) is 6.69. The minimum atomic E-state index is 0.802. The summed E-state index contributed by atoms with van der Waals surface area (Å²) in [7, 11) is 0. The van der Waals surface area contributed by atoms with Crippen LogP contribution in [0, 0.1) is 11.8 Å². The molecule has 2 nitrogen and oxygen atoms in total. The first-order valence-corrected chi connectivity index (χ1v) is 9.73. The molecule has 0 aromatic heterocycles. The van der Waals surface area contributed by atoms with Gasteiger partial charge in [0.05, 0.1) is 0 Å². The maximum absolute atomic E-state index is 3.89. The highest BCUT2D eigenvalue weighted by Crippen LogP contribution is 2.26. The molecule has 0 radical (unpaired) electrons. The zero-order chi connectivity index (χ0) is 14.9. The summed E-state index contributed by atoms with van der Waals surface area (Å²) in [6.07, 6.45) is 14.3. The van der Waals surface area contributed by atoms with Gasteiger partial charge >= 0.3 is 0 Å². The van der Waals surface area contributed by atoms with Gasteiger partial charge in [-0.25, -0.2) is 0 Å². The van der Waals surface area contributed by atoms with Crippen molar-refractivity contribution in [2.75, 3.05) is 26.2 Å². The Morgan fingerprint density at radius 1 is 1.00 bits per heavy atom. The Kier molecular flexibility index (Phi) is 8.10. The van der Waals surface area contributed by atoms with Crippen LogP contribution in [-0.2, 0) is 0 Å². The molecule has 0 aromatic carbocycles. The van der Waals surface area contributed by atoms with E-state index in [1.54, 1.807) is 0 Å². The molecule has 2 rings (SSSR count). The first-order chi connectivity index (χ1) is 10.3. The van der Waals surface area contributed by atoms with Crippen molar-refractivity contribution in [3.8, 4) is 0 Å². The molecule has 1 saturated heterocycles. The minimum absolute atomic E-state index is 0.802. The predicted octanol–water partition coefficient (Wildman–Crippen LogP) is 4.45. The standard InChI is InChI=1S/C19H38N2/c1-3-8-18-9-7-10-19(12-11-18)20-15-17(2)16-21-13-5-4-6-14-21/h17-20H,3-16H2,1-2H3. The molecule has 2 heteroatoms. The predicted molar refractivity (Wildman–Crippen MR) is 92.7 cm³/mol. The molecule has 0 aromatic rings. The molecule has 0 amide bonds. The van der Waals surface area contributed by atoms with Crippen LogP contribution in [0.5, 0.6) is 0 Å². The SMILES string of the molecule is CCCC1CCCC(NCC(C)CN2CCCCC2)CC1. The molecule has 124 valence electrons. The second-order valence-corrected chi connectivity index (χ2v) is 7.73.